The maximum absolute atomic E-state index is 4.42. The van der Waals surface area contributed by atoms with Crippen LogP contribution in [-0.2, 0) is 13.1 Å². The van der Waals surface area contributed by atoms with Crippen LogP contribution in [0.2, 0.25) is 0 Å². The Hall–Kier alpha value is -1.32. The minimum atomic E-state index is 0.540. The average molecular weight is 330 g/mol. The van der Waals surface area contributed by atoms with Crippen molar-refractivity contribution < 1.29 is 0 Å². The molecule has 2 atom stereocenters. The second kappa shape index (κ2) is 8.68. The van der Waals surface area contributed by atoms with Gasteiger partial charge < -0.3 is 15.5 Å². The van der Waals surface area contributed by atoms with Gasteiger partial charge in [-0.25, -0.2) is 0 Å². The molecule has 3 nitrogen and oxygen atoms in total. The molecule has 0 saturated carbocycles. The van der Waals surface area contributed by atoms with E-state index in [0.717, 1.165) is 19.6 Å². The second-order valence-electron chi connectivity index (χ2n) is 7.49. The first-order chi connectivity index (χ1) is 11.5. The highest BCUT2D eigenvalue weighted by molar-refractivity contribution is 5.69. The summed E-state index contributed by atoms with van der Waals surface area (Å²) in [4.78, 5) is 2.55. The molecule has 1 aromatic carbocycles. The van der Waals surface area contributed by atoms with E-state index < -0.39 is 0 Å². The van der Waals surface area contributed by atoms with E-state index in [1.165, 1.54) is 35.2 Å². The Morgan fingerprint density at radius 1 is 1.25 bits per heavy atom. The third-order valence-electron chi connectivity index (χ3n) is 5.04. The molecule has 0 aliphatic carbocycles. The molecule has 2 rings (SSSR count). The summed E-state index contributed by atoms with van der Waals surface area (Å²) in [7, 11) is 2.00. The van der Waals surface area contributed by atoms with Crippen LogP contribution in [0, 0.1) is 5.92 Å². The molecule has 0 bridgehead atoms. The zero-order valence-electron chi connectivity index (χ0n) is 16.2. The summed E-state index contributed by atoms with van der Waals surface area (Å²) in [6.45, 7) is 16.5. The van der Waals surface area contributed by atoms with Gasteiger partial charge in [-0.2, -0.15) is 0 Å². The van der Waals surface area contributed by atoms with E-state index in [1.54, 1.807) is 0 Å². The molecule has 134 valence electrons. The Kier molecular flexibility index (Phi) is 6.88. The largest absolute Gasteiger partial charge is 0.364 e. The SMILES string of the molecule is C=C1c2ccc(CNC)cc2CN1C(CCC)C(C)CNC(C)C. The number of benzene rings is 1. The van der Waals surface area contributed by atoms with Crippen LogP contribution in [0.4, 0.5) is 0 Å². The molecule has 2 N–H and O–H groups in total. The predicted octanol–water partition coefficient (Wildman–Crippen LogP) is 4.00. The highest BCUT2D eigenvalue weighted by atomic mass is 15.2. The maximum Gasteiger partial charge on any atom is 0.0439 e. The van der Waals surface area contributed by atoms with E-state index in [9.17, 15) is 0 Å². The van der Waals surface area contributed by atoms with Gasteiger partial charge in [-0.15, -0.1) is 0 Å². The zero-order valence-corrected chi connectivity index (χ0v) is 16.2. The maximum atomic E-state index is 4.42. The zero-order chi connectivity index (χ0) is 17.7. The van der Waals surface area contributed by atoms with E-state index in [1.807, 2.05) is 7.05 Å². The van der Waals surface area contributed by atoms with Crippen LogP contribution in [0.15, 0.2) is 24.8 Å². The molecule has 0 aromatic heterocycles. The molecule has 24 heavy (non-hydrogen) atoms. The molecule has 2 unspecified atom stereocenters. The summed E-state index contributed by atoms with van der Waals surface area (Å²) in [5, 5.41) is 6.85. The number of hydrogen-bond donors (Lipinski definition) is 2. The molecular formula is C21H35N3. The lowest BCUT2D eigenvalue weighted by Crippen LogP contribution is -2.41. The molecule has 0 amide bonds. The third kappa shape index (κ3) is 4.40. The summed E-state index contributed by atoms with van der Waals surface area (Å²) < 4.78 is 0. The van der Waals surface area contributed by atoms with Crippen LogP contribution in [0.3, 0.4) is 0 Å². The highest BCUT2D eigenvalue weighted by Crippen LogP contribution is 2.36. The van der Waals surface area contributed by atoms with Crippen molar-refractivity contribution in [3.05, 3.63) is 41.5 Å². The first kappa shape index (κ1) is 19.0. The Labute approximate surface area is 148 Å². The highest BCUT2D eigenvalue weighted by Gasteiger charge is 2.31. The van der Waals surface area contributed by atoms with Crippen molar-refractivity contribution in [2.24, 2.45) is 5.92 Å². The van der Waals surface area contributed by atoms with E-state index >= 15 is 0 Å². The van der Waals surface area contributed by atoms with Crippen LogP contribution >= 0.6 is 0 Å². The van der Waals surface area contributed by atoms with Gasteiger partial charge in [0.25, 0.3) is 0 Å². The lowest BCUT2D eigenvalue weighted by molar-refractivity contribution is 0.205. The van der Waals surface area contributed by atoms with E-state index in [2.05, 4.69) is 68.0 Å². The van der Waals surface area contributed by atoms with E-state index in [4.69, 9.17) is 0 Å². The van der Waals surface area contributed by atoms with E-state index in [0.29, 0.717) is 18.0 Å². The Bertz CT molecular complexity index is 550. The standard InChI is InChI=1S/C21H35N3/c1-7-8-21(16(4)12-23-15(2)3)24-14-19-11-18(13-22-6)9-10-20(19)17(24)5/h9-11,15-16,21-23H,5,7-8,12-14H2,1-4,6H3. The van der Waals surface area contributed by atoms with Crippen molar-refractivity contribution in [2.75, 3.05) is 13.6 Å². The molecular weight excluding hydrogens is 294 g/mol. The summed E-state index contributed by atoms with van der Waals surface area (Å²) in [5.41, 5.74) is 5.32. The van der Waals surface area contributed by atoms with Gasteiger partial charge in [0.2, 0.25) is 0 Å². The molecule has 0 radical (unpaired) electrons. The number of nitrogens with zero attached hydrogens (tertiary/aromatic N) is 1. The summed E-state index contributed by atoms with van der Waals surface area (Å²) in [6, 6.07) is 7.91. The molecule has 1 aromatic rings. The molecule has 1 aliphatic rings. The molecule has 3 heteroatoms. The minimum absolute atomic E-state index is 0.540. The number of rotatable bonds is 9. The number of nitrogens with one attached hydrogen (secondary N) is 2. The van der Waals surface area contributed by atoms with Crippen LogP contribution < -0.4 is 10.6 Å². The molecule has 0 fully saturated rings. The number of hydrogen-bond acceptors (Lipinski definition) is 3. The second-order valence-corrected chi connectivity index (χ2v) is 7.49. The predicted molar refractivity (Wildman–Crippen MR) is 105 cm³/mol. The Balaban J connectivity index is 2.15. The van der Waals surface area contributed by atoms with Crippen LogP contribution in [0.1, 0.15) is 57.2 Å². The van der Waals surface area contributed by atoms with Gasteiger partial charge in [0.1, 0.15) is 0 Å². The summed E-state index contributed by atoms with van der Waals surface area (Å²) in [5.74, 6) is 0.607. The fourth-order valence-electron chi connectivity index (χ4n) is 3.73. The molecule has 0 saturated heterocycles. The van der Waals surface area contributed by atoms with Crippen molar-refractivity contribution in [2.45, 2.75) is 65.7 Å². The lowest BCUT2D eigenvalue weighted by atomic mass is 9.95. The Morgan fingerprint density at radius 2 is 2.00 bits per heavy atom. The summed E-state index contributed by atoms with van der Waals surface area (Å²) >= 11 is 0. The quantitative estimate of drug-likeness (QED) is 0.717. The van der Waals surface area contributed by atoms with Crippen molar-refractivity contribution in [3.63, 3.8) is 0 Å². The Morgan fingerprint density at radius 3 is 2.62 bits per heavy atom. The van der Waals surface area contributed by atoms with Gasteiger partial charge in [-0.1, -0.05) is 58.9 Å². The average Bonchev–Trinajstić information content (AvgIpc) is 2.87. The molecule has 1 aliphatic heterocycles. The van der Waals surface area contributed by atoms with Crippen molar-refractivity contribution in [1.82, 2.24) is 15.5 Å². The molecule has 0 spiro atoms. The fraction of sp³-hybridized carbons (Fsp3) is 0.619. The van der Waals surface area contributed by atoms with Crippen molar-refractivity contribution in [3.8, 4) is 0 Å². The van der Waals surface area contributed by atoms with Gasteiger partial charge >= 0.3 is 0 Å². The smallest absolute Gasteiger partial charge is 0.0439 e. The minimum Gasteiger partial charge on any atom is -0.364 e. The normalized spacial score (nSPS) is 16.6. The molecule has 1 heterocycles. The van der Waals surface area contributed by atoms with Crippen molar-refractivity contribution >= 4 is 5.70 Å². The topological polar surface area (TPSA) is 27.3 Å². The van der Waals surface area contributed by atoms with E-state index in [-0.39, 0.29) is 0 Å². The van der Waals surface area contributed by atoms with Gasteiger partial charge in [-0.05, 0) is 37.1 Å². The van der Waals surface area contributed by atoms with Crippen molar-refractivity contribution in [1.29, 1.82) is 0 Å². The summed E-state index contributed by atoms with van der Waals surface area (Å²) in [6.07, 6.45) is 2.43. The monoisotopic (exact) mass is 329 g/mol. The van der Waals surface area contributed by atoms with Gasteiger partial charge in [0.15, 0.2) is 0 Å². The number of fused-ring (bicyclic) bond motifs is 1. The van der Waals surface area contributed by atoms with Crippen LogP contribution in [0.25, 0.3) is 5.70 Å². The fourth-order valence-corrected chi connectivity index (χ4v) is 3.73. The van der Waals surface area contributed by atoms with Crippen LogP contribution in [-0.4, -0.2) is 30.6 Å². The van der Waals surface area contributed by atoms with Crippen LogP contribution in [0.5, 0.6) is 0 Å². The lowest BCUT2D eigenvalue weighted by Gasteiger charge is -2.35. The first-order valence-electron chi connectivity index (χ1n) is 9.43. The van der Waals surface area contributed by atoms with Gasteiger partial charge in [0, 0.05) is 36.4 Å². The first-order valence-corrected chi connectivity index (χ1v) is 9.43. The van der Waals surface area contributed by atoms with Gasteiger partial charge in [0.05, 0.1) is 0 Å². The third-order valence-corrected chi connectivity index (χ3v) is 5.04. The van der Waals surface area contributed by atoms with Gasteiger partial charge in [-0.3, -0.25) is 0 Å².